The van der Waals surface area contributed by atoms with E-state index in [0.29, 0.717) is 19.6 Å². The predicted octanol–water partition coefficient (Wildman–Crippen LogP) is 0.420. The minimum Gasteiger partial charge on any atom is -0.376 e. The number of ether oxygens (including phenoxy) is 1. The second-order valence-corrected chi connectivity index (χ2v) is 5.98. The Labute approximate surface area is 134 Å². The second-order valence-electron chi connectivity index (χ2n) is 5.98. The van der Waals surface area contributed by atoms with Crippen molar-refractivity contribution >= 4 is 5.91 Å². The lowest BCUT2D eigenvalue weighted by atomic mass is 10.0. The van der Waals surface area contributed by atoms with Gasteiger partial charge in [-0.25, -0.2) is 4.98 Å². The van der Waals surface area contributed by atoms with Gasteiger partial charge in [0.1, 0.15) is 5.82 Å². The molecule has 2 atom stereocenters. The fourth-order valence-corrected chi connectivity index (χ4v) is 2.89. The van der Waals surface area contributed by atoms with Gasteiger partial charge in [-0.3, -0.25) is 14.6 Å². The highest BCUT2D eigenvalue weighted by atomic mass is 16.5. The van der Waals surface area contributed by atoms with Gasteiger partial charge in [0.15, 0.2) is 5.82 Å². The Morgan fingerprint density at radius 3 is 3.04 bits per heavy atom. The standard InChI is InChI=1S/C15H22N6O2/c1-10-17-15(19-18-10)12-5-7-23-13(12)9-20(2)14(22)8-11-4-6-16-21(11)3/h4,6,12-13H,5,7-9H2,1-3H3,(H,17,18,19)/t12-,13-/m1/s1. The van der Waals surface area contributed by atoms with Crippen molar-refractivity contribution in [3.8, 4) is 0 Å². The van der Waals surface area contributed by atoms with E-state index in [1.54, 1.807) is 22.8 Å². The Balaban J connectivity index is 1.61. The van der Waals surface area contributed by atoms with Crippen LogP contribution in [0.1, 0.15) is 29.7 Å². The highest BCUT2D eigenvalue weighted by molar-refractivity contribution is 5.78. The monoisotopic (exact) mass is 318 g/mol. The number of amides is 1. The van der Waals surface area contributed by atoms with Gasteiger partial charge in [0.25, 0.3) is 0 Å². The topological polar surface area (TPSA) is 88.9 Å². The molecule has 1 amide bonds. The van der Waals surface area contributed by atoms with E-state index in [-0.39, 0.29) is 17.9 Å². The normalized spacial score (nSPS) is 20.8. The van der Waals surface area contributed by atoms with Crippen molar-refractivity contribution < 1.29 is 9.53 Å². The van der Waals surface area contributed by atoms with Crippen molar-refractivity contribution in [1.29, 1.82) is 0 Å². The average Bonchev–Trinajstić information content (AvgIpc) is 3.22. The summed E-state index contributed by atoms with van der Waals surface area (Å²) in [5.74, 6) is 1.75. The lowest BCUT2D eigenvalue weighted by molar-refractivity contribution is -0.130. The highest BCUT2D eigenvalue weighted by Crippen LogP contribution is 2.29. The number of nitrogens with one attached hydrogen (secondary N) is 1. The van der Waals surface area contributed by atoms with E-state index in [2.05, 4.69) is 20.3 Å². The van der Waals surface area contributed by atoms with Crippen LogP contribution in [0, 0.1) is 6.92 Å². The van der Waals surface area contributed by atoms with Crippen LogP contribution >= 0.6 is 0 Å². The molecular formula is C15H22N6O2. The number of likely N-dealkylation sites (N-methyl/N-ethyl adjacent to an activating group) is 1. The number of hydrogen-bond donors (Lipinski definition) is 1. The van der Waals surface area contributed by atoms with Crippen LogP contribution in [0.3, 0.4) is 0 Å². The van der Waals surface area contributed by atoms with Gasteiger partial charge in [0, 0.05) is 39.1 Å². The van der Waals surface area contributed by atoms with Crippen LogP contribution in [0.25, 0.3) is 0 Å². The van der Waals surface area contributed by atoms with Gasteiger partial charge >= 0.3 is 0 Å². The molecule has 3 rings (SSSR count). The third-order valence-corrected chi connectivity index (χ3v) is 4.29. The lowest BCUT2D eigenvalue weighted by Gasteiger charge is -2.23. The summed E-state index contributed by atoms with van der Waals surface area (Å²) in [6, 6.07) is 1.86. The van der Waals surface area contributed by atoms with Gasteiger partial charge in [-0.2, -0.15) is 10.2 Å². The number of nitrogens with zero attached hydrogens (tertiary/aromatic N) is 5. The quantitative estimate of drug-likeness (QED) is 0.863. The van der Waals surface area contributed by atoms with Crippen molar-refractivity contribution in [2.45, 2.75) is 31.8 Å². The number of hydrogen-bond acceptors (Lipinski definition) is 5. The summed E-state index contributed by atoms with van der Waals surface area (Å²) < 4.78 is 7.52. The molecule has 8 heteroatoms. The zero-order valence-electron chi connectivity index (χ0n) is 13.7. The molecule has 0 aromatic carbocycles. The number of aromatic amines is 1. The molecule has 1 N–H and O–H groups in total. The smallest absolute Gasteiger partial charge is 0.228 e. The molecule has 0 aliphatic carbocycles. The first-order chi connectivity index (χ1) is 11.0. The predicted molar refractivity (Wildman–Crippen MR) is 82.8 cm³/mol. The minimum atomic E-state index is -0.0642. The number of aryl methyl sites for hydroxylation is 2. The van der Waals surface area contributed by atoms with Gasteiger partial charge in [0.05, 0.1) is 18.4 Å². The molecule has 3 heterocycles. The lowest BCUT2D eigenvalue weighted by Crippen LogP contribution is -2.37. The Kier molecular flexibility index (Phi) is 4.42. The van der Waals surface area contributed by atoms with Crippen molar-refractivity contribution in [2.75, 3.05) is 20.2 Å². The largest absolute Gasteiger partial charge is 0.376 e. The molecule has 0 saturated carbocycles. The Hall–Kier alpha value is -2.22. The summed E-state index contributed by atoms with van der Waals surface area (Å²) in [6.45, 7) is 3.09. The third-order valence-electron chi connectivity index (χ3n) is 4.29. The summed E-state index contributed by atoms with van der Waals surface area (Å²) in [4.78, 5) is 18.5. The molecule has 2 aromatic rings. The molecule has 1 aliphatic rings. The van der Waals surface area contributed by atoms with E-state index in [0.717, 1.165) is 23.8 Å². The minimum absolute atomic E-state index is 0.0500. The SMILES string of the molecule is Cc1nc([C@@H]2CCO[C@@H]2CN(C)C(=O)Cc2ccnn2C)n[nH]1. The Morgan fingerprint density at radius 2 is 2.39 bits per heavy atom. The maximum absolute atomic E-state index is 12.4. The maximum atomic E-state index is 12.4. The number of rotatable bonds is 5. The van der Waals surface area contributed by atoms with Crippen LogP contribution in [0.4, 0.5) is 0 Å². The van der Waals surface area contributed by atoms with Crippen LogP contribution < -0.4 is 0 Å². The molecule has 0 unspecified atom stereocenters. The van der Waals surface area contributed by atoms with Gasteiger partial charge in [-0.05, 0) is 19.4 Å². The number of H-pyrrole nitrogens is 1. The number of carbonyl (C=O) groups excluding carboxylic acids is 1. The molecule has 124 valence electrons. The zero-order chi connectivity index (χ0) is 16.4. The second kappa shape index (κ2) is 6.49. The first kappa shape index (κ1) is 15.7. The fraction of sp³-hybridized carbons (Fsp3) is 0.600. The maximum Gasteiger partial charge on any atom is 0.228 e. The number of aromatic nitrogens is 5. The Bertz CT molecular complexity index is 679. The van der Waals surface area contributed by atoms with Crippen LogP contribution in [0.2, 0.25) is 0 Å². The molecule has 1 saturated heterocycles. The van der Waals surface area contributed by atoms with Gasteiger partial charge < -0.3 is 9.64 Å². The van der Waals surface area contributed by atoms with Crippen LogP contribution in [-0.4, -0.2) is 62.1 Å². The molecule has 1 aliphatic heterocycles. The average molecular weight is 318 g/mol. The molecule has 0 spiro atoms. The molecule has 8 nitrogen and oxygen atoms in total. The summed E-state index contributed by atoms with van der Waals surface area (Å²) >= 11 is 0. The van der Waals surface area contributed by atoms with Crippen molar-refractivity contribution in [1.82, 2.24) is 29.9 Å². The van der Waals surface area contributed by atoms with Crippen LogP contribution in [0.15, 0.2) is 12.3 Å². The van der Waals surface area contributed by atoms with Gasteiger partial charge in [-0.15, -0.1) is 0 Å². The molecule has 0 radical (unpaired) electrons. The first-order valence-corrected chi connectivity index (χ1v) is 7.76. The Morgan fingerprint density at radius 1 is 1.57 bits per heavy atom. The summed E-state index contributed by atoms with van der Waals surface area (Å²) in [7, 11) is 3.64. The zero-order valence-corrected chi connectivity index (χ0v) is 13.7. The van der Waals surface area contributed by atoms with Gasteiger partial charge in [-0.1, -0.05) is 0 Å². The van der Waals surface area contributed by atoms with Gasteiger partial charge in [0.2, 0.25) is 5.91 Å². The highest BCUT2D eigenvalue weighted by Gasteiger charge is 2.34. The van der Waals surface area contributed by atoms with Crippen LogP contribution in [0.5, 0.6) is 0 Å². The van der Waals surface area contributed by atoms with E-state index in [9.17, 15) is 4.79 Å². The molecular weight excluding hydrogens is 296 g/mol. The third kappa shape index (κ3) is 3.42. The van der Waals surface area contributed by atoms with E-state index >= 15 is 0 Å². The molecule has 2 aromatic heterocycles. The number of carbonyl (C=O) groups is 1. The molecule has 23 heavy (non-hydrogen) atoms. The first-order valence-electron chi connectivity index (χ1n) is 7.76. The fourth-order valence-electron chi connectivity index (χ4n) is 2.89. The van der Waals surface area contributed by atoms with E-state index in [1.807, 2.05) is 20.0 Å². The van der Waals surface area contributed by atoms with E-state index in [1.165, 1.54) is 0 Å². The molecule has 1 fully saturated rings. The van der Waals surface area contributed by atoms with E-state index in [4.69, 9.17) is 4.74 Å². The van der Waals surface area contributed by atoms with Crippen molar-refractivity contribution in [3.63, 3.8) is 0 Å². The summed E-state index contributed by atoms with van der Waals surface area (Å²) in [5.41, 5.74) is 0.898. The van der Waals surface area contributed by atoms with Crippen molar-refractivity contribution in [2.24, 2.45) is 7.05 Å². The van der Waals surface area contributed by atoms with E-state index < -0.39 is 0 Å². The van der Waals surface area contributed by atoms with Crippen LogP contribution in [-0.2, 0) is 23.0 Å². The van der Waals surface area contributed by atoms with Crippen molar-refractivity contribution in [3.05, 3.63) is 29.6 Å². The summed E-state index contributed by atoms with van der Waals surface area (Å²) in [6.07, 6.45) is 2.85. The molecule has 0 bridgehead atoms. The summed E-state index contributed by atoms with van der Waals surface area (Å²) in [5, 5.41) is 11.2.